The van der Waals surface area contributed by atoms with Crippen molar-refractivity contribution in [2.45, 2.75) is 19.4 Å². The summed E-state index contributed by atoms with van der Waals surface area (Å²) in [5.41, 5.74) is 6.95. The molecule has 0 fully saturated rings. The van der Waals surface area contributed by atoms with Gasteiger partial charge in [0.25, 0.3) is 0 Å². The Kier molecular flexibility index (Phi) is 5.80. The lowest BCUT2D eigenvalue weighted by Gasteiger charge is -2.11. The summed E-state index contributed by atoms with van der Waals surface area (Å²) in [7, 11) is 1.66. The molecule has 0 saturated carbocycles. The first-order chi connectivity index (χ1) is 7.63. The van der Waals surface area contributed by atoms with E-state index >= 15 is 0 Å². The Bertz CT molecular complexity index is 329. The number of hydrogen-bond donors (Lipinski definition) is 1. The van der Waals surface area contributed by atoms with Gasteiger partial charge in [-0.15, -0.1) is 0 Å². The van der Waals surface area contributed by atoms with E-state index in [0.29, 0.717) is 13.2 Å². The highest BCUT2D eigenvalue weighted by Crippen LogP contribution is 2.23. The van der Waals surface area contributed by atoms with Crippen LogP contribution in [0.4, 0.5) is 0 Å². The van der Waals surface area contributed by atoms with Gasteiger partial charge >= 0.3 is 0 Å². The van der Waals surface area contributed by atoms with Crippen LogP contribution in [-0.2, 0) is 11.2 Å². The molecule has 1 aromatic rings. The summed E-state index contributed by atoms with van der Waals surface area (Å²) in [6.07, 6.45) is 0.835. The smallest absolute Gasteiger partial charge is 0.119 e. The number of rotatable bonds is 6. The number of ether oxygens (including phenoxy) is 2. The van der Waals surface area contributed by atoms with Gasteiger partial charge < -0.3 is 15.2 Å². The summed E-state index contributed by atoms with van der Waals surface area (Å²) in [5, 5.41) is 0. The minimum atomic E-state index is 0.144. The van der Waals surface area contributed by atoms with Crippen molar-refractivity contribution in [3.8, 4) is 5.75 Å². The molecule has 16 heavy (non-hydrogen) atoms. The molecule has 0 heterocycles. The van der Waals surface area contributed by atoms with E-state index < -0.39 is 0 Å². The van der Waals surface area contributed by atoms with Gasteiger partial charge in [0, 0.05) is 17.6 Å². The molecule has 3 nitrogen and oxygen atoms in total. The maximum absolute atomic E-state index is 5.78. The molecule has 0 aliphatic heterocycles. The molecule has 0 aromatic heterocycles. The highest BCUT2D eigenvalue weighted by Gasteiger charge is 2.05. The molecule has 0 amide bonds. The molecule has 0 bridgehead atoms. The largest absolute Gasteiger partial charge is 0.491 e. The first-order valence-electron chi connectivity index (χ1n) is 5.29. The second kappa shape index (κ2) is 6.89. The van der Waals surface area contributed by atoms with Gasteiger partial charge in [0.2, 0.25) is 0 Å². The summed E-state index contributed by atoms with van der Waals surface area (Å²) in [5.74, 6) is 0.857. The summed E-state index contributed by atoms with van der Waals surface area (Å²) < 4.78 is 11.5. The average molecular weight is 288 g/mol. The standard InChI is InChI=1S/C12H18BrNO2/c1-9(14)7-10-8-11(3-4-12(10)13)16-6-5-15-2/h3-4,8-9H,5-7,14H2,1-2H3. The van der Waals surface area contributed by atoms with Crippen LogP contribution in [0.25, 0.3) is 0 Å². The molecule has 0 radical (unpaired) electrons. The number of methoxy groups -OCH3 is 1. The van der Waals surface area contributed by atoms with Gasteiger partial charge in [0.05, 0.1) is 6.61 Å². The van der Waals surface area contributed by atoms with Crippen molar-refractivity contribution in [3.63, 3.8) is 0 Å². The first-order valence-corrected chi connectivity index (χ1v) is 6.08. The monoisotopic (exact) mass is 287 g/mol. The minimum absolute atomic E-state index is 0.144. The third-order valence-electron chi connectivity index (χ3n) is 2.12. The predicted octanol–water partition coefficient (Wildman–Crippen LogP) is 2.36. The van der Waals surface area contributed by atoms with Crippen LogP contribution in [0.15, 0.2) is 22.7 Å². The zero-order valence-corrected chi connectivity index (χ0v) is 11.3. The fourth-order valence-electron chi connectivity index (χ4n) is 1.39. The van der Waals surface area contributed by atoms with E-state index in [-0.39, 0.29) is 6.04 Å². The summed E-state index contributed by atoms with van der Waals surface area (Å²) >= 11 is 3.50. The molecule has 0 saturated heterocycles. The number of hydrogen-bond acceptors (Lipinski definition) is 3. The first kappa shape index (κ1) is 13.5. The van der Waals surface area contributed by atoms with Crippen LogP contribution in [0.5, 0.6) is 5.75 Å². The normalized spacial score (nSPS) is 12.5. The average Bonchev–Trinajstić information content (AvgIpc) is 2.22. The van der Waals surface area contributed by atoms with Crippen molar-refractivity contribution < 1.29 is 9.47 Å². The van der Waals surface area contributed by atoms with E-state index in [1.54, 1.807) is 7.11 Å². The van der Waals surface area contributed by atoms with E-state index in [9.17, 15) is 0 Å². The zero-order chi connectivity index (χ0) is 12.0. The zero-order valence-electron chi connectivity index (χ0n) is 9.70. The lowest BCUT2D eigenvalue weighted by atomic mass is 10.1. The highest BCUT2D eigenvalue weighted by molar-refractivity contribution is 9.10. The fourth-order valence-corrected chi connectivity index (χ4v) is 1.80. The van der Waals surface area contributed by atoms with E-state index in [0.717, 1.165) is 16.6 Å². The van der Waals surface area contributed by atoms with E-state index in [4.69, 9.17) is 15.2 Å². The van der Waals surface area contributed by atoms with Gasteiger partial charge in [-0.2, -0.15) is 0 Å². The Labute approximate surface area is 105 Å². The van der Waals surface area contributed by atoms with Crippen molar-refractivity contribution in [1.29, 1.82) is 0 Å². The van der Waals surface area contributed by atoms with Crippen LogP contribution in [0.2, 0.25) is 0 Å². The molecular weight excluding hydrogens is 270 g/mol. The lowest BCUT2D eigenvalue weighted by molar-refractivity contribution is 0.146. The third-order valence-corrected chi connectivity index (χ3v) is 2.89. The van der Waals surface area contributed by atoms with Crippen LogP contribution in [0, 0.1) is 0 Å². The third kappa shape index (κ3) is 4.51. The number of benzene rings is 1. The number of nitrogens with two attached hydrogens (primary N) is 1. The quantitative estimate of drug-likeness (QED) is 0.817. The van der Waals surface area contributed by atoms with Crippen LogP contribution in [-0.4, -0.2) is 26.4 Å². The Morgan fingerprint density at radius 2 is 2.12 bits per heavy atom. The second-order valence-corrected chi connectivity index (χ2v) is 4.63. The summed E-state index contributed by atoms with van der Waals surface area (Å²) in [6, 6.07) is 6.08. The molecule has 90 valence electrons. The Morgan fingerprint density at radius 3 is 2.75 bits per heavy atom. The van der Waals surface area contributed by atoms with E-state index in [1.807, 2.05) is 25.1 Å². The molecule has 2 N–H and O–H groups in total. The van der Waals surface area contributed by atoms with Crippen molar-refractivity contribution in [1.82, 2.24) is 0 Å². The van der Waals surface area contributed by atoms with Crippen molar-refractivity contribution in [2.75, 3.05) is 20.3 Å². The van der Waals surface area contributed by atoms with Gasteiger partial charge in [-0.1, -0.05) is 15.9 Å². The molecule has 0 aliphatic rings. The molecule has 1 aromatic carbocycles. The Hall–Kier alpha value is -0.580. The fraction of sp³-hybridized carbons (Fsp3) is 0.500. The molecule has 0 spiro atoms. The van der Waals surface area contributed by atoms with Crippen LogP contribution >= 0.6 is 15.9 Å². The summed E-state index contributed by atoms with van der Waals surface area (Å²) in [4.78, 5) is 0. The second-order valence-electron chi connectivity index (χ2n) is 3.78. The Morgan fingerprint density at radius 1 is 1.38 bits per heavy atom. The van der Waals surface area contributed by atoms with Gasteiger partial charge in [0.1, 0.15) is 12.4 Å². The molecular formula is C12H18BrNO2. The summed E-state index contributed by atoms with van der Waals surface area (Å²) in [6.45, 7) is 3.15. The van der Waals surface area contributed by atoms with Crippen molar-refractivity contribution in [2.24, 2.45) is 5.73 Å². The van der Waals surface area contributed by atoms with Gasteiger partial charge in [-0.25, -0.2) is 0 Å². The molecule has 0 aliphatic carbocycles. The van der Waals surface area contributed by atoms with Crippen molar-refractivity contribution in [3.05, 3.63) is 28.2 Å². The SMILES string of the molecule is COCCOc1ccc(Br)c(CC(C)N)c1. The van der Waals surface area contributed by atoms with Gasteiger partial charge in [-0.3, -0.25) is 0 Å². The highest BCUT2D eigenvalue weighted by atomic mass is 79.9. The maximum Gasteiger partial charge on any atom is 0.119 e. The number of halogens is 1. The van der Waals surface area contributed by atoms with E-state index in [1.165, 1.54) is 5.56 Å². The van der Waals surface area contributed by atoms with Crippen molar-refractivity contribution >= 4 is 15.9 Å². The van der Waals surface area contributed by atoms with Crippen LogP contribution in [0.3, 0.4) is 0 Å². The topological polar surface area (TPSA) is 44.5 Å². The molecule has 4 heteroatoms. The van der Waals surface area contributed by atoms with E-state index in [2.05, 4.69) is 15.9 Å². The van der Waals surface area contributed by atoms with Gasteiger partial charge in [0.15, 0.2) is 0 Å². The lowest BCUT2D eigenvalue weighted by Crippen LogP contribution is -2.18. The van der Waals surface area contributed by atoms with Crippen LogP contribution < -0.4 is 10.5 Å². The van der Waals surface area contributed by atoms with Gasteiger partial charge in [-0.05, 0) is 37.1 Å². The molecule has 1 unspecified atom stereocenters. The molecule has 1 rings (SSSR count). The predicted molar refractivity (Wildman–Crippen MR) is 68.9 cm³/mol. The maximum atomic E-state index is 5.78. The molecule has 1 atom stereocenters. The minimum Gasteiger partial charge on any atom is -0.491 e. The Balaban J connectivity index is 2.65. The van der Waals surface area contributed by atoms with Crippen LogP contribution in [0.1, 0.15) is 12.5 Å².